The lowest BCUT2D eigenvalue weighted by molar-refractivity contribution is 0.198. The summed E-state index contributed by atoms with van der Waals surface area (Å²) in [6, 6.07) is 9.27. The van der Waals surface area contributed by atoms with E-state index in [-0.39, 0.29) is 0 Å². The van der Waals surface area contributed by atoms with Crippen molar-refractivity contribution in [2.24, 2.45) is 0 Å². The van der Waals surface area contributed by atoms with Gasteiger partial charge in [-0.25, -0.2) is 0 Å². The highest BCUT2D eigenvalue weighted by molar-refractivity contribution is 7.99. The summed E-state index contributed by atoms with van der Waals surface area (Å²) in [5, 5.41) is 7.01. The minimum atomic E-state index is 0.495. The van der Waals surface area contributed by atoms with Gasteiger partial charge in [0.05, 0.1) is 6.61 Å². The molecule has 2 rings (SSSR count). The highest BCUT2D eigenvalue weighted by Gasteiger charge is 2.22. The van der Waals surface area contributed by atoms with Crippen molar-refractivity contribution in [2.45, 2.75) is 23.8 Å². The molecular formula is C15H24N2OS. The van der Waals surface area contributed by atoms with Gasteiger partial charge in [-0.15, -0.1) is 11.8 Å². The van der Waals surface area contributed by atoms with Crippen molar-refractivity contribution < 1.29 is 4.74 Å². The van der Waals surface area contributed by atoms with Crippen LogP contribution in [0.3, 0.4) is 0 Å². The Hall–Kier alpha value is -0.550. The van der Waals surface area contributed by atoms with Gasteiger partial charge in [-0.3, -0.25) is 0 Å². The third kappa shape index (κ3) is 4.49. The Balaban J connectivity index is 1.69. The third-order valence-electron chi connectivity index (χ3n) is 3.45. The average molecular weight is 280 g/mol. The van der Waals surface area contributed by atoms with Crippen LogP contribution in [-0.4, -0.2) is 45.1 Å². The maximum atomic E-state index is 5.02. The molecule has 4 heteroatoms. The van der Waals surface area contributed by atoms with Gasteiger partial charge in [-0.05, 0) is 18.6 Å². The molecule has 0 fully saturated rings. The van der Waals surface area contributed by atoms with Gasteiger partial charge in [0.1, 0.15) is 0 Å². The van der Waals surface area contributed by atoms with Gasteiger partial charge in [-0.1, -0.05) is 18.2 Å². The molecule has 0 aromatic heterocycles. The zero-order valence-electron chi connectivity index (χ0n) is 11.8. The van der Waals surface area contributed by atoms with Crippen LogP contribution >= 0.6 is 11.8 Å². The molecule has 1 aliphatic heterocycles. The predicted octanol–water partition coefficient (Wildman–Crippen LogP) is 2.09. The quantitative estimate of drug-likeness (QED) is 0.715. The smallest absolute Gasteiger partial charge is 0.0587 e. The van der Waals surface area contributed by atoms with Gasteiger partial charge in [0, 0.05) is 49.4 Å². The van der Waals surface area contributed by atoms with Gasteiger partial charge in [0.2, 0.25) is 0 Å². The van der Waals surface area contributed by atoms with E-state index in [9.17, 15) is 0 Å². The average Bonchev–Trinajstić information content (AvgIpc) is 2.85. The van der Waals surface area contributed by atoms with Crippen molar-refractivity contribution in [1.82, 2.24) is 10.6 Å². The van der Waals surface area contributed by atoms with E-state index in [1.165, 1.54) is 16.2 Å². The number of hydrogen-bond donors (Lipinski definition) is 2. The van der Waals surface area contributed by atoms with Crippen LogP contribution in [-0.2, 0) is 4.74 Å². The highest BCUT2D eigenvalue weighted by Crippen LogP contribution is 2.38. The maximum Gasteiger partial charge on any atom is 0.0587 e. The maximum absolute atomic E-state index is 5.02. The summed E-state index contributed by atoms with van der Waals surface area (Å²) in [4.78, 5) is 1.46. The normalized spacial score (nSPS) is 19.4. The summed E-state index contributed by atoms with van der Waals surface area (Å²) < 4.78 is 5.02. The Morgan fingerprint density at radius 2 is 2.26 bits per heavy atom. The molecule has 2 atom stereocenters. The van der Waals surface area contributed by atoms with E-state index >= 15 is 0 Å². The number of ether oxygens (including phenoxy) is 1. The van der Waals surface area contributed by atoms with Crippen LogP contribution in [0.1, 0.15) is 18.4 Å². The molecule has 0 saturated heterocycles. The Morgan fingerprint density at radius 1 is 1.42 bits per heavy atom. The predicted molar refractivity (Wildman–Crippen MR) is 82.1 cm³/mol. The first-order chi connectivity index (χ1) is 9.31. The second-order valence-electron chi connectivity index (χ2n) is 5.05. The zero-order valence-corrected chi connectivity index (χ0v) is 12.6. The van der Waals surface area contributed by atoms with Crippen LogP contribution in [0.5, 0.6) is 0 Å². The van der Waals surface area contributed by atoms with Gasteiger partial charge < -0.3 is 15.4 Å². The molecule has 19 heavy (non-hydrogen) atoms. The third-order valence-corrected chi connectivity index (χ3v) is 4.70. The van der Waals surface area contributed by atoms with E-state index in [1.54, 1.807) is 7.11 Å². The molecule has 0 amide bonds. The Bertz CT molecular complexity index is 386. The molecule has 0 radical (unpaired) electrons. The van der Waals surface area contributed by atoms with Crippen molar-refractivity contribution in [3.63, 3.8) is 0 Å². The Labute approximate surface area is 120 Å². The topological polar surface area (TPSA) is 33.3 Å². The minimum absolute atomic E-state index is 0.495. The summed E-state index contributed by atoms with van der Waals surface area (Å²) in [6.45, 7) is 5.99. The first kappa shape index (κ1) is 14.9. The van der Waals surface area contributed by atoms with E-state index in [4.69, 9.17) is 4.74 Å². The molecular weight excluding hydrogens is 256 g/mol. The second kappa shape index (κ2) is 7.90. The summed E-state index contributed by atoms with van der Waals surface area (Å²) in [6.07, 6.45) is 0. The van der Waals surface area contributed by atoms with Crippen molar-refractivity contribution in [3.05, 3.63) is 29.8 Å². The van der Waals surface area contributed by atoms with E-state index in [0.717, 1.165) is 26.2 Å². The fourth-order valence-electron chi connectivity index (χ4n) is 2.31. The number of nitrogens with one attached hydrogen (secondary N) is 2. The van der Waals surface area contributed by atoms with Crippen molar-refractivity contribution in [3.8, 4) is 0 Å². The van der Waals surface area contributed by atoms with Crippen LogP contribution in [0.15, 0.2) is 29.2 Å². The molecule has 0 aliphatic carbocycles. The standard InChI is InChI=1S/C15H24N2OS/c1-12(9-16-7-8-18-2)17-10-13-11-19-15-6-4-3-5-14(13)15/h3-6,12-13,16-17H,7-11H2,1-2H3. The molecule has 0 bridgehead atoms. The molecule has 1 aliphatic rings. The number of fused-ring (bicyclic) bond motifs is 1. The molecule has 3 nitrogen and oxygen atoms in total. The fourth-order valence-corrected chi connectivity index (χ4v) is 3.56. The highest BCUT2D eigenvalue weighted by atomic mass is 32.2. The number of rotatable bonds is 8. The molecule has 2 unspecified atom stereocenters. The lowest BCUT2D eigenvalue weighted by Gasteiger charge is -2.18. The SMILES string of the molecule is COCCNCC(C)NCC1CSc2ccccc21. The number of thioether (sulfide) groups is 1. The van der Waals surface area contributed by atoms with Crippen LogP contribution in [0.4, 0.5) is 0 Å². The molecule has 1 heterocycles. The lowest BCUT2D eigenvalue weighted by atomic mass is 10.0. The molecule has 0 spiro atoms. The Kier molecular flexibility index (Phi) is 6.17. The van der Waals surface area contributed by atoms with Crippen LogP contribution in [0.2, 0.25) is 0 Å². The first-order valence-electron chi connectivity index (χ1n) is 6.96. The monoisotopic (exact) mass is 280 g/mol. The Morgan fingerprint density at radius 3 is 3.11 bits per heavy atom. The van der Waals surface area contributed by atoms with E-state index < -0.39 is 0 Å². The van der Waals surface area contributed by atoms with E-state index in [2.05, 4.69) is 41.8 Å². The van der Waals surface area contributed by atoms with Gasteiger partial charge in [0.15, 0.2) is 0 Å². The van der Waals surface area contributed by atoms with Crippen molar-refractivity contribution in [1.29, 1.82) is 0 Å². The summed E-state index contributed by atoms with van der Waals surface area (Å²) >= 11 is 1.98. The van der Waals surface area contributed by atoms with Gasteiger partial charge in [0.25, 0.3) is 0 Å². The summed E-state index contributed by atoms with van der Waals surface area (Å²) in [5.41, 5.74) is 1.51. The number of hydrogen-bond acceptors (Lipinski definition) is 4. The lowest BCUT2D eigenvalue weighted by Crippen LogP contribution is -2.39. The second-order valence-corrected chi connectivity index (χ2v) is 6.11. The largest absolute Gasteiger partial charge is 0.383 e. The number of benzene rings is 1. The van der Waals surface area contributed by atoms with Crippen molar-refractivity contribution in [2.75, 3.05) is 39.1 Å². The number of methoxy groups -OCH3 is 1. The summed E-state index contributed by atoms with van der Waals surface area (Å²) in [7, 11) is 1.73. The molecule has 106 valence electrons. The van der Waals surface area contributed by atoms with E-state index in [1.807, 2.05) is 11.8 Å². The van der Waals surface area contributed by atoms with Crippen LogP contribution in [0, 0.1) is 0 Å². The molecule has 1 aromatic rings. The molecule has 1 aromatic carbocycles. The first-order valence-corrected chi connectivity index (χ1v) is 7.94. The zero-order chi connectivity index (χ0) is 13.5. The van der Waals surface area contributed by atoms with Crippen molar-refractivity contribution >= 4 is 11.8 Å². The van der Waals surface area contributed by atoms with Gasteiger partial charge >= 0.3 is 0 Å². The summed E-state index contributed by atoms with van der Waals surface area (Å²) in [5.74, 6) is 1.86. The molecule has 2 N–H and O–H groups in total. The van der Waals surface area contributed by atoms with Crippen LogP contribution in [0.25, 0.3) is 0 Å². The minimum Gasteiger partial charge on any atom is -0.383 e. The van der Waals surface area contributed by atoms with Gasteiger partial charge in [-0.2, -0.15) is 0 Å². The fraction of sp³-hybridized carbons (Fsp3) is 0.600. The van der Waals surface area contributed by atoms with Crippen LogP contribution < -0.4 is 10.6 Å². The van der Waals surface area contributed by atoms with E-state index in [0.29, 0.717) is 12.0 Å². The molecule has 0 saturated carbocycles.